The van der Waals surface area contributed by atoms with Gasteiger partial charge in [0.2, 0.25) is 0 Å². The van der Waals surface area contributed by atoms with Gasteiger partial charge in [0.05, 0.1) is 0 Å². The van der Waals surface area contributed by atoms with Crippen LogP contribution >= 0.6 is 22.6 Å². The highest BCUT2D eigenvalue weighted by Crippen LogP contribution is 2.10. The molecule has 0 aliphatic heterocycles. The molecule has 0 aromatic heterocycles. The number of aliphatic hydroxyl groups is 1. The Kier molecular flexibility index (Phi) is 3.09. The van der Waals surface area contributed by atoms with Crippen molar-refractivity contribution in [1.82, 2.24) is 0 Å². The summed E-state index contributed by atoms with van der Waals surface area (Å²) >= 11 is 2.24. The van der Waals surface area contributed by atoms with Gasteiger partial charge >= 0.3 is 0 Å². The molecule has 0 radical (unpaired) electrons. The van der Waals surface area contributed by atoms with Crippen molar-refractivity contribution < 1.29 is 5.11 Å². The van der Waals surface area contributed by atoms with Crippen molar-refractivity contribution in [3.63, 3.8) is 0 Å². The van der Waals surface area contributed by atoms with Gasteiger partial charge in [0.25, 0.3) is 0 Å². The Morgan fingerprint density at radius 3 is 2.33 bits per heavy atom. The van der Waals surface area contributed by atoms with Crippen LogP contribution in [0.3, 0.4) is 0 Å². The minimum atomic E-state index is -1.10. The molecule has 3 N–H and O–H groups in total. The molecule has 0 amide bonds. The number of benzene rings is 1. The predicted molar refractivity (Wildman–Crippen MR) is 57.7 cm³/mol. The monoisotopic (exact) mass is 277 g/mol. The Bertz CT molecular complexity index is 250. The first-order valence-electron chi connectivity index (χ1n) is 3.73. The van der Waals surface area contributed by atoms with Gasteiger partial charge in [0.1, 0.15) is 5.72 Å². The van der Waals surface area contributed by atoms with Crippen molar-refractivity contribution in [3.8, 4) is 0 Å². The maximum absolute atomic E-state index is 9.32. The molecule has 12 heavy (non-hydrogen) atoms. The number of halogens is 1. The van der Waals surface area contributed by atoms with E-state index in [9.17, 15) is 5.11 Å². The molecule has 2 nitrogen and oxygen atoms in total. The first-order valence-corrected chi connectivity index (χ1v) is 4.81. The van der Waals surface area contributed by atoms with Crippen LogP contribution in [0.1, 0.15) is 12.5 Å². The maximum Gasteiger partial charge on any atom is 0.114 e. The average molecular weight is 277 g/mol. The number of nitrogens with two attached hydrogens (primary N) is 1. The van der Waals surface area contributed by atoms with Gasteiger partial charge in [-0.2, -0.15) is 0 Å². The van der Waals surface area contributed by atoms with Gasteiger partial charge in [0, 0.05) is 9.99 Å². The lowest BCUT2D eigenvalue weighted by atomic mass is 10.1. The topological polar surface area (TPSA) is 46.2 Å². The standard InChI is InChI=1S/C9H12INO/c1-9(11,12)6-7-2-4-8(10)5-3-7/h2-5,12H,6,11H2,1H3. The van der Waals surface area contributed by atoms with Crippen LogP contribution in [0.5, 0.6) is 0 Å². The van der Waals surface area contributed by atoms with E-state index in [1.807, 2.05) is 24.3 Å². The average Bonchev–Trinajstić information content (AvgIpc) is 1.91. The van der Waals surface area contributed by atoms with E-state index in [2.05, 4.69) is 22.6 Å². The Labute approximate surface area is 85.9 Å². The van der Waals surface area contributed by atoms with E-state index in [-0.39, 0.29) is 0 Å². The zero-order valence-corrected chi connectivity index (χ0v) is 9.08. The molecular formula is C9H12INO. The van der Waals surface area contributed by atoms with Crippen LogP contribution in [0.25, 0.3) is 0 Å². The van der Waals surface area contributed by atoms with Gasteiger partial charge in [-0.15, -0.1) is 0 Å². The summed E-state index contributed by atoms with van der Waals surface area (Å²) in [6, 6.07) is 7.95. The summed E-state index contributed by atoms with van der Waals surface area (Å²) in [4.78, 5) is 0. The minimum absolute atomic E-state index is 0.490. The summed E-state index contributed by atoms with van der Waals surface area (Å²) < 4.78 is 1.19. The van der Waals surface area contributed by atoms with Crippen LogP contribution < -0.4 is 5.73 Å². The number of hydrogen-bond acceptors (Lipinski definition) is 2. The van der Waals surface area contributed by atoms with Crippen molar-refractivity contribution in [3.05, 3.63) is 33.4 Å². The second kappa shape index (κ2) is 3.72. The Balaban J connectivity index is 2.71. The normalized spacial score (nSPS) is 15.7. The molecule has 1 aromatic rings. The van der Waals surface area contributed by atoms with Crippen LogP contribution in [0.2, 0.25) is 0 Å². The molecule has 3 heteroatoms. The molecule has 0 fully saturated rings. The molecule has 0 heterocycles. The van der Waals surface area contributed by atoms with Gasteiger partial charge in [-0.1, -0.05) is 12.1 Å². The van der Waals surface area contributed by atoms with Crippen molar-refractivity contribution in [1.29, 1.82) is 0 Å². The first kappa shape index (κ1) is 9.95. The second-order valence-corrected chi connectivity index (χ2v) is 4.41. The fourth-order valence-electron chi connectivity index (χ4n) is 1.02. The summed E-state index contributed by atoms with van der Waals surface area (Å²) in [7, 11) is 0. The maximum atomic E-state index is 9.32. The van der Waals surface area contributed by atoms with Gasteiger partial charge in [-0.25, -0.2) is 0 Å². The highest BCUT2D eigenvalue weighted by molar-refractivity contribution is 14.1. The summed E-state index contributed by atoms with van der Waals surface area (Å²) in [5, 5.41) is 9.32. The largest absolute Gasteiger partial charge is 0.376 e. The SMILES string of the molecule is CC(N)(O)Cc1ccc(I)cc1. The zero-order chi connectivity index (χ0) is 9.19. The summed E-state index contributed by atoms with van der Waals surface area (Å²) in [5.41, 5.74) is 5.41. The Morgan fingerprint density at radius 1 is 1.42 bits per heavy atom. The third-order valence-electron chi connectivity index (χ3n) is 1.48. The Hall–Kier alpha value is -0.130. The smallest absolute Gasteiger partial charge is 0.114 e. The van der Waals surface area contributed by atoms with E-state index in [1.165, 1.54) is 3.57 Å². The van der Waals surface area contributed by atoms with Crippen LogP contribution in [0, 0.1) is 3.57 Å². The third-order valence-corrected chi connectivity index (χ3v) is 2.19. The quantitative estimate of drug-likeness (QED) is 0.635. The van der Waals surface area contributed by atoms with E-state index < -0.39 is 5.72 Å². The van der Waals surface area contributed by atoms with Gasteiger partial charge in [0.15, 0.2) is 0 Å². The molecule has 0 spiro atoms. The van der Waals surface area contributed by atoms with Crippen molar-refractivity contribution in [2.45, 2.75) is 19.1 Å². The van der Waals surface area contributed by atoms with Crippen LogP contribution in [0.15, 0.2) is 24.3 Å². The molecular weight excluding hydrogens is 265 g/mol. The van der Waals surface area contributed by atoms with Gasteiger partial charge in [-0.3, -0.25) is 0 Å². The van der Waals surface area contributed by atoms with Gasteiger partial charge < -0.3 is 10.8 Å². The summed E-state index contributed by atoms with van der Waals surface area (Å²) in [6.45, 7) is 1.60. The van der Waals surface area contributed by atoms with Crippen molar-refractivity contribution in [2.24, 2.45) is 5.73 Å². The highest BCUT2D eigenvalue weighted by atomic mass is 127. The third kappa shape index (κ3) is 3.51. The van der Waals surface area contributed by atoms with E-state index >= 15 is 0 Å². The molecule has 1 aromatic carbocycles. The second-order valence-electron chi connectivity index (χ2n) is 3.16. The van der Waals surface area contributed by atoms with E-state index in [1.54, 1.807) is 6.92 Å². The van der Waals surface area contributed by atoms with E-state index in [0.717, 1.165) is 5.56 Å². The lowest BCUT2D eigenvalue weighted by molar-refractivity contribution is 0.0677. The molecule has 66 valence electrons. The number of rotatable bonds is 2. The molecule has 0 aliphatic rings. The lowest BCUT2D eigenvalue weighted by Crippen LogP contribution is -2.37. The number of hydrogen-bond donors (Lipinski definition) is 2. The molecule has 0 aliphatic carbocycles. The summed E-state index contributed by atoms with van der Waals surface area (Å²) in [6.07, 6.45) is 0.490. The lowest BCUT2D eigenvalue weighted by Gasteiger charge is -2.16. The minimum Gasteiger partial charge on any atom is -0.376 e. The molecule has 0 saturated carbocycles. The molecule has 1 rings (SSSR count). The Morgan fingerprint density at radius 2 is 1.92 bits per heavy atom. The molecule has 0 bridgehead atoms. The fraction of sp³-hybridized carbons (Fsp3) is 0.333. The molecule has 1 atom stereocenters. The molecule has 1 unspecified atom stereocenters. The van der Waals surface area contributed by atoms with Crippen LogP contribution in [-0.4, -0.2) is 10.8 Å². The zero-order valence-electron chi connectivity index (χ0n) is 6.92. The van der Waals surface area contributed by atoms with E-state index in [0.29, 0.717) is 6.42 Å². The van der Waals surface area contributed by atoms with Crippen molar-refractivity contribution in [2.75, 3.05) is 0 Å². The van der Waals surface area contributed by atoms with Crippen LogP contribution in [-0.2, 0) is 6.42 Å². The highest BCUT2D eigenvalue weighted by Gasteiger charge is 2.13. The predicted octanol–water partition coefficient (Wildman–Crippen LogP) is 1.50. The van der Waals surface area contributed by atoms with E-state index in [4.69, 9.17) is 5.73 Å². The fourth-order valence-corrected chi connectivity index (χ4v) is 1.38. The van der Waals surface area contributed by atoms with Gasteiger partial charge in [-0.05, 0) is 47.2 Å². The van der Waals surface area contributed by atoms with Crippen molar-refractivity contribution >= 4 is 22.6 Å². The molecule has 0 saturated heterocycles. The first-order chi connectivity index (χ1) is 5.47. The summed E-state index contributed by atoms with van der Waals surface area (Å²) in [5.74, 6) is 0. The van der Waals surface area contributed by atoms with Crippen LogP contribution in [0.4, 0.5) is 0 Å².